The van der Waals surface area contributed by atoms with E-state index in [1.54, 1.807) is 0 Å². The number of hydrogen-bond donors (Lipinski definition) is 0. The minimum absolute atomic E-state index is 0.139. The summed E-state index contributed by atoms with van der Waals surface area (Å²) in [7, 11) is 0. The van der Waals surface area contributed by atoms with Gasteiger partial charge >= 0.3 is 0 Å². The zero-order chi connectivity index (χ0) is 27.2. The molecule has 4 nitrogen and oxygen atoms in total. The van der Waals surface area contributed by atoms with Crippen LogP contribution in [-0.4, -0.2) is 22.6 Å². The molecule has 0 aliphatic heterocycles. The van der Waals surface area contributed by atoms with Gasteiger partial charge in [0.15, 0.2) is 0 Å². The van der Waals surface area contributed by atoms with E-state index in [-0.39, 0.29) is 6.10 Å². The Labute approximate surface area is 239 Å². The van der Waals surface area contributed by atoms with Crippen LogP contribution in [0, 0.1) is 6.92 Å². The van der Waals surface area contributed by atoms with Crippen LogP contribution in [0.2, 0.25) is 0 Å². The molecule has 0 fully saturated rings. The highest BCUT2D eigenvalue weighted by molar-refractivity contribution is 9.09. The van der Waals surface area contributed by atoms with E-state index in [9.17, 15) is 0 Å². The molecule has 39 heavy (non-hydrogen) atoms. The summed E-state index contributed by atoms with van der Waals surface area (Å²) in [6.45, 7) is 8.22. The molecule has 5 heteroatoms. The predicted molar refractivity (Wildman–Crippen MR) is 163 cm³/mol. The first-order valence-corrected chi connectivity index (χ1v) is 14.5. The number of halogens is 1. The van der Waals surface area contributed by atoms with Gasteiger partial charge in [0.1, 0.15) is 23.9 Å². The monoisotopic (exact) mass is 583 g/mol. The maximum atomic E-state index is 6.18. The third-order valence-corrected chi connectivity index (χ3v) is 6.97. The Kier molecular flexibility index (Phi) is 8.58. The minimum atomic E-state index is 0.139. The highest BCUT2D eigenvalue weighted by Gasteiger charge is 2.17. The number of rotatable bonds is 11. The number of fused-ring (bicyclic) bond motifs is 1. The van der Waals surface area contributed by atoms with Crippen LogP contribution in [0.25, 0.3) is 22.2 Å². The average molecular weight is 585 g/mol. The zero-order valence-electron chi connectivity index (χ0n) is 22.7. The van der Waals surface area contributed by atoms with Crippen molar-refractivity contribution in [3.63, 3.8) is 0 Å². The summed E-state index contributed by atoms with van der Waals surface area (Å²) in [6, 6.07) is 33.5. The molecule has 0 amide bonds. The molecule has 0 N–H and O–H groups in total. The fourth-order valence-corrected chi connectivity index (χ4v) is 5.02. The van der Waals surface area contributed by atoms with Crippen molar-refractivity contribution >= 4 is 26.8 Å². The van der Waals surface area contributed by atoms with Crippen LogP contribution in [0.15, 0.2) is 97.1 Å². The lowest BCUT2D eigenvalue weighted by Crippen LogP contribution is -2.05. The lowest BCUT2D eigenvalue weighted by atomic mass is 10.1. The molecule has 0 radical (unpaired) electrons. The van der Waals surface area contributed by atoms with E-state index in [4.69, 9.17) is 14.2 Å². The van der Waals surface area contributed by atoms with E-state index in [1.807, 2.05) is 44.2 Å². The molecule has 200 valence electrons. The summed E-state index contributed by atoms with van der Waals surface area (Å²) in [5.74, 6) is 2.63. The van der Waals surface area contributed by atoms with Gasteiger partial charge in [-0.15, -0.1) is 0 Å². The maximum absolute atomic E-state index is 6.18. The van der Waals surface area contributed by atoms with E-state index in [0.717, 1.165) is 40.3 Å². The van der Waals surface area contributed by atoms with Crippen molar-refractivity contribution in [2.24, 2.45) is 0 Å². The van der Waals surface area contributed by atoms with Crippen molar-refractivity contribution in [1.29, 1.82) is 0 Å². The van der Waals surface area contributed by atoms with Crippen molar-refractivity contribution in [3.05, 3.63) is 114 Å². The Bertz CT molecular complexity index is 1510. The quantitative estimate of drug-likeness (QED) is 0.146. The van der Waals surface area contributed by atoms with Crippen molar-refractivity contribution in [3.8, 4) is 28.5 Å². The van der Waals surface area contributed by atoms with E-state index < -0.39 is 0 Å². The summed E-state index contributed by atoms with van der Waals surface area (Å²) in [5, 5.41) is 2.00. The van der Waals surface area contributed by atoms with Crippen LogP contribution in [-0.2, 0) is 13.2 Å². The zero-order valence-corrected chi connectivity index (χ0v) is 24.3. The molecular formula is C34H34BrNO3. The van der Waals surface area contributed by atoms with Crippen molar-refractivity contribution < 1.29 is 14.2 Å². The third kappa shape index (κ3) is 6.48. The number of aromatic nitrogens is 1. The second kappa shape index (κ2) is 12.4. The van der Waals surface area contributed by atoms with Gasteiger partial charge in [0, 0.05) is 22.8 Å². The SMILES string of the molecule is Cc1c(-c2ccc(OC(C)C)cc2)n(Cc2ccc(OCCBr)cc2)c2ccc(OCc3ccccc3)cc12. The van der Waals surface area contributed by atoms with E-state index in [2.05, 4.69) is 94.2 Å². The summed E-state index contributed by atoms with van der Waals surface area (Å²) in [5.41, 5.74) is 7.12. The highest BCUT2D eigenvalue weighted by Crippen LogP contribution is 2.37. The summed E-state index contributed by atoms with van der Waals surface area (Å²) >= 11 is 3.42. The first kappa shape index (κ1) is 26.9. The second-order valence-corrected chi connectivity index (χ2v) is 10.7. The molecule has 0 bridgehead atoms. The predicted octanol–water partition coefficient (Wildman–Crippen LogP) is 8.80. The van der Waals surface area contributed by atoms with Gasteiger partial charge in [-0.3, -0.25) is 0 Å². The second-order valence-electron chi connectivity index (χ2n) is 9.89. The highest BCUT2D eigenvalue weighted by atomic mass is 79.9. The number of alkyl halides is 1. The van der Waals surface area contributed by atoms with Crippen LogP contribution < -0.4 is 14.2 Å². The number of hydrogen-bond acceptors (Lipinski definition) is 3. The molecule has 0 aliphatic rings. The molecule has 0 unspecified atom stereocenters. The van der Waals surface area contributed by atoms with Gasteiger partial charge in [0.2, 0.25) is 0 Å². The van der Waals surface area contributed by atoms with Crippen molar-refractivity contribution in [1.82, 2.24) is 4.57 Å². The van der Waals surface area contributed by atoms with Gasteiger partial charge < -0.3 is 18.8 Å². The number of benzene rings is 4. The van der Waals surface area contributed by atoms with E-state index in [0.29, 0.717) is 13.2 Å². The lowest BCUT2D eigenvalue weighted by molar-refractivity contribution is 0.242. The first-order chi connectivity index (χ1) is 19.0. The van der Waals surface area contributed by atoms with Crippen LogP contribution in [0.1, 0.15) is 30.5 Å². The Hall–Kier alpha value is -3.70. The van der Waals surface area contributed by atoms with Gasteiger partial charge in [0.25, 0.3) is 0 Å². The van der Waals surface area contributed by atoms with Crippen LogP contribution in [0.3, 0.4) is 0 Å². The largest absolute Gasteiger partial charge is 0.493 e. The smallest absolute Gasteiger partial charge is 0.120 e. The lowest BCUT2D eigenvalue weighted by Gasteiger charge is -2.14. The molecule has 1 aromatic heterocycles. The Balaban J connectivity index is 1.51. The number of ether oxygens (including phenoxy) is 3. The van der Waals surface area contributed by atoms with Gasteiger partial charge in [-0.25, -0.2) is 0 Å². The fourth-order valence-electron chi connectivity index (χ4n) is 4.86. The Morgan fingerprint density at radius 1 is 0.744 bits per heavy atom. The van der Waals surface area contributed by atoms with Gasteiger partial charge in [-0.05, 0) is 97.6 Å². The molecule has 0 saturated heterocycles. The normalized spacial score (nSPS) is 11.2. The van der Waals surface area contributed by atoms with Crippen LogP contribution in [0.4, 0.5) is 0 Å². The molecular weight excluding hydrogens is 550 g/mol. The van der Waals surface area contributed by atoms with Crippen LogP contribution in [0.5, 0.6) is 17.2 Å². The first-order valence-electron chi connectivity index (χ1n) is 13.4. The molecule has 5 rings (SSSR count). The molecule has 0 saturated carbocycles. The third-order valence-electron chi connectivity index (χ3n) is 6.65. The van der Waals surface area contributed by atoms with Crippen molar-refractivity contribution in [2.45, 2.75) is 40.0 Å². The Morgan fingerprint density at radius 2 is 1.44 bits per heavy atom. The topological polar surface area (TPSA) is 32.6 Å². The van der Waals surface area contributed by atoms with Crippen molar-refractivity contribution in [2.75, 3.05) is 11.9 Å². The van der Waals surface area contributed by atoms with Gasteiger partial charge in [-0.2, -0.15) is 0 Å². The summed E-state index contributed by atoms with van der Waals surface area (Å²) in [6.07, 6.45) is 0.139. The van der Waals surface area contributed by atoms with E-state index in [1.165, 1.54) is 27.7 Å². The fraction of sp³-hybridized carbons (Fsp3) is 0.235. The maximum Gasteiger partial charge on any atom is 0.120 e. The molecule has 0 spiro atoms. The molecule has 0 atom stereocenters. The molecule has 0 aliphatic carbocycles. The average Bonchev–Trinajstić information content (AvgIpc) is 3.22. The molecule has 5 aromatic rings. The minimum Gasteiger partial charge on any atom is -0.493 e. The van der Waals surface area contributed by atoms with Gasteiger partial charge in [0.05, 0.1) is 18.4 Å². The molecule has 4 aromatic carbocycles. The Morgan fingerprint density at radius 3 is 2.13 bits per heavy atom. The summed E-state index contributed by atoms with van der Waals surface area (Å²) < 4.78 is 20.2. The standard InChI is InChI=1S/C34H34BrNO3/c1-24(2)39-30-15-11-28(12-16-30)34-25(3)32-21-31(38-23-27-7-5-4-6-8-27)17-18-33(32)36(34)22-26-9-13-29(14-10-26)37-20-19-35/h4-18,21,24H,19-20,22-23H2,1-3H3. The molecule has 1 heterocycles. The van der Waals surface area contributed by atoms with E-state index >= 15 is 0 Å². The number of nitrogens with zero attached hydrogens (tertiary/aromatic N) is 1. The summed E-state index contributed by atoms with van der Waals surface area (Å²) in [4.78, 5) is 0. The van der Waals surface area contributed by atoms with Crippen LogP contribution >= 0.6 is 15.9 Å². The van der Waals surface area contributed by atoms with Gasteiger partial charge in [-0.1, -0.05) is 58.4 Å². The number of aryl methyl sites for hydroxylation is 1.